The molecule has 0 unspecified atom stereocenters. The minimum Gasteiger partial charge on any atom is -0.481 e. The molecule has 8 bridgehead atoms. The third-order valence-corrected chi connectivity index (χ3v) is 10.1. The molecule has 0 saturated carbocycles. The maximum Gasteiger partial charge on any atom is 0.343 e. The predicted molar refractivity (Wildman–Crippen MR) is 243 cm³/mol. The van der Waals surface area contributed by atoms with Crippen LogP contribution in [0.15, 0.2) is 111 Å². The molecule has 0 fully saturated rings. The van der Waals surface area contributed by atoms with Gasteiger partial charge in [0.25, 0.3) is 5.95 Å². The highest BCUT2D eigenvalue weighted by molar-refractivity contribution is 6.34. The van der Waals surface area contributed by atoms with Gasteiger partial charge < -0.3 is 57.5 Å². The lowest BCUT2D eigenvalue weighted by Crippen LogP contribution is -2.27. The van der Waals surface area contributed by atoms with Gasteiger partial charge in [-0.1, -0.05) is 0 Å². The van der Waals surface area contributed by atoms with Gasteiger partial charge in [-0.05, 0) is 85.0 Å². The normalized spacial score (nSPS) is 14.2. The first-order chi connectivity index (χ1) is 32.9. The van der Waals surface area contributed by atoms with E-state index in [4.69, 9.17) is 62.3 Å². The van der Waals surface area contributed by atoms with Crippen molar-refractivity contribution in [2.75, 3.05) is 69.1 Å². The third-order valence-electron chi connectivity index (χ3n) is 10.1. The molecule has 0 spiro atoms. The van der Waals surface area contributed by atoms with E-state index in [-0.39, 0.29) is 44.6 Å². The number of aromatic nitrogens is 1. The molecule has 2 aromatic carbocycles. The van der Waals surface area contributed by atoms with E-state index < -0.39 is 62.2 Å². The Morgan fingerprint density at radius 2 is 1.06 bits per heavy atom. The van der Waals surface area contributed by atoms with Crippen LogP contribution in [0.5, 0.6) is 23.0 Å². The monoisotopic (exact) mass is 930 g/mol. The van der Waals surface area contributed by atoms with Gasteiger partial charge >= 0.3 is 29.8 Å². The number of aliphatic hydroxyl groups excluding tert-OH is 1. The van der Waals surface area contributed by atoms with E-state index in [1.54, 1.807) is 60.7 Å². The zero-order chi connectivity index (χ0) is 48.5. The maximum absolute atomic E-state index is 13.0. The largest absolute Gasteiger partial charge is 0.481 e. The van der Waals surface area contributed by atoms with Crippen molar-refractivity contribution < 1.29 is 76.4 Å². The number of carbonyl (C=O) groups is 5. The van der Waals surface area contributed by atoms with Gasteiger partial charge in [-0.15, -0.1) is 0 Å². The Hall–Kier alpha value is -8.94. The van der Waals surface area contributed by atoms with Gasteiger partial charge in [-0.3, -0.25) is 0 Å². The van der Waals surface area contributed by atoms with E-state index in [9.17, 15) is 29.1 Å². The fourth-order valence-electron chi connectivity index (χ4n) is 6.92. The number of aliphatic hydroxyl groups is 1. The summed E-state index contributed by atoms with van der Waals surface area (Å²) >= 11 is 0. The summed E-state index contributed by atoms with van der Waals surface area (Å²) < 4.78 is 53.6. The number of esters is 5. The molecule has 20 nitrogen and oxygen atoms in total. The molecular weight excluding hydrogens is 889 g/mol. The zero-order valence-electron chi connectivity index (χ0n) is 37.3. The van der Waals surface area contributed by atoms with Crippen LogP contribution >= 0.6 is 0 Å². The summed E-state index contributed by atoms with van der Waals surface area (Å²) in [5.41, 5.74) is 4.23. The number of allylic oxidation sites excluding steroid dienone is 8. The molecule has 2 N–H and O–H groups in total. The van der Waals surface area contributed by atoms with Crippen molar-refractivity contribution in [3.05, 3.63) is 129 Å². The summed E-state index contributed by atoms with van der Waals surface area (Å²) in [5.74, 6) is -4.17. The van der Waals surface area contributed by atoms with Crippen LogP contribution in [-0.2, 0) is 47.6 Å². The summed E-state index contributed by atoms with van der Waals surface area (Å²) in [5, 5.41) is 11.0. The summed E-state index contributed by atoms with van der Waals surface area (Å²) in [4.78, 5) is 81.0. The van der Waals surface area contributed by atoms with E-state index in [2.05, 4.69) is 4.98 Å². The first-order valence-electron chi connectivity index (χ1n) is 20.3. The number of nitrogens with zero attached hydrogens (tertiary/aromatic N) is 3. The number of H-pyrrole nitrogens is 1. The average Bonchev–Trinajstić information content (AvgIpc) is 4.21. The van der Waals surface area contributed by atoms with Crippen LogP contribution in [0.2, 0.25) is 0 Å². The Kier molecular flexibility index (Phi) is 14.5. The number of fused-ring (bicyclic) bond motifs is 5. The van der Waals surface area contributed by atoms with Crippen LogP contribution < -0.4 is 29.4 Å². The van der Waals surface area contributed by atoms with Crippen LogP contribution in [0.3, 0.4) is 0 Å². The van der Waals surface area contributed by atoms with Gasteiger partial charge in [0.05, 0.1) is 98.4 Å². The van der Waals surface area contributed by atoms with Crippen molar-refractivity contribution in [1.82, 2.24) is 4.98 Å². The molecule has 5 heterocycles. The first-order valence-corrected chi connectivity index (χ1v) is 20.3. The average molecular weight is 931 g/mol. The highest BCUT2D eigenvalue weighted by atomic mass is 16.6. The molecule has 0 amide bonds. The Bertz CT molecular complexity index is 2940. The van der Waals surface area contributed by atoms with Gasteiger partial charge in [0.15, 0.2) is 26.4 Å². The number of carbonyl (C=O) groups excluding carboxylic acids is 5. The minimum absolute atomic E-state index is 0.0201. The lowest BCUT2D eigenvalue weighted by atomic mass is 9.95. The maximum atomic E-state index is 13.0. The van der Waals surface area contributed by atoms with E-state index in [0.29, 0.717) is 56.8 Å². The molecule has 350 valence electrons. The van der Waals surface area contributed by atoms with Crippen LogP contribution in [-0.4, -0.2) is 126 Å². The van der Waals surface area contributed by atoms with Gasteiger partial charge in [-0.2, -0.15) is 0 Å². The van der Waals surface area contributed by atoms with Crippen molar-refractivity contribution in [3.8, 4) is 23.0 Å². The summed E-state index contributed by atoms with van der Waals surface area (Å²) in [6.45, 7) is -2.25. The molecule has 0 atom stereocenters. The lowest BCUT2D eigenvalue weighted by molar-refractivity contribution is -0.143. The highest BCUT2D eigenvalue weighted by Gasteiger charge is 2.29. The standard InChI is InChI=1S/C48H42N4O16/c1-59-39(53)21-65-35-15-25(47(57)63-5)16-36(66-22-40(54)60-2)45(35)43-31-11-7-27(49-31)19-29-9-13-33(51-29)44(34-14-10-30(52-34)20-28-8-12-32(43)50-28)46-37(67-23-41(55)61-3)17-26(48(58)64-6)18-38(46)68-24-42(56)62-4/h7-20,49,57H,21-24H2,1-6H3. The molecule has 3 aromatic rings. The number of ether oxygens (including phenoxy) is 10. The van der Waals surface area contributed by atoms with E-state index in [0.717, 1.165) is 0 Å². The summed E-state index contributed by atoms with van der Waals surface area (Å²) in [6, 6.07) is 9.13. The lowest BCUT2D eigenvalue weighted by Gasteiger charge is -2.20. The van der Waals surface area contributed by atoms with Crippen molar-refractivity contribution in [2.45, 2.75) is 0 Å². The predicted octanol–water partition coefficient (Wildman–Crippen LogP) is 3.16. The number of hydrogen-bond donors (Lipinski definition) is 2. The van der Waals surface area contributed by atoms with Gasteiger partial charge in [0, 0.05) is 22.5 Å². The third kappa shape index (κ3) is 10.4. The number of nitrogens with one attached hydrogen (secondary N) is 1. The molecule has 4 aliphatic rings. The smallest absolute Gasteiger partial charge is 0.343 e. The second kappa shape index (κ2) is 20.9. The molecule has 0 aliphatic carbocycles. The van der Waals surface area contributed by atoms with Crippen molar-refractivity contribution in [3.63, 3.8) is 0 Å². The van der Waals surface area contributed by atoms with Gasteiger partial charge in [0.2, 0.25) is 0 Å². The summed E-state index contributed by atoms with van der Waals surface area (Å²) in [6.07, 6.45) is 13.8. The SMILES string of the molecule is COC(=O)COc1cc(C(=O)OC)cc(OCC(=O)OC)c1C1=C2C=CC(=N2)C=C2C=CC(=N2)C(=c2c(OCC(=O)OC)cc(=C(O)OC)cc2OCC(=O)OC)c2ccc([nH]2)C=C2C=CC1=N2. The number of hydrogen-bond acceptors (Lipinski definition) is 19. The molecule has 1 aromatic heterocycles. The highest BCUT2D eigenvalue weighted by Crippen LogP contribution is 2.42. The zero-order valence-corrected chi connectivity index (χ0v) is 37.3. The Morgan fingerprint density at radius 3 is 1.57 bits per heavy atom. The molecule has 20 heteroatoms. The van der Waals surface area contributed by atoms with Crippen molar-refractivity contribution >= 4 is 70.1 Å². The van der Waals surface area contributed by atoms with Gasteiger partial charge in [0.1, 0.15) is 23.0 Å². The molecule has 7 rings (SSSR count). The quantitative estimate of drug-likeness (QED) is 0.164. The minimum atomic E-state index is -0.764. The number of aromatic amines is 1. The molecular formula is C48H42N4O16. The Morgan fingerprint density at radius 1 is 0.544 bits per heavy atom. The van der Waals surface area contributed by atoms with E-state index in [1.165, 1.54) is 66.9 Å². The van der Waals surface area contributed by atoms with Crippen LogP contribution in [0.1, 0.15) is 27.3 Å². The second-order valence-corrected chi connectivity index (χ2v) is 14.3. The second-order valence-electron chi connectivity index (χ2n) is 14.3. The number of rotatable bonds is 15. The fourth-order valence-corrected chi connectivity index (χ4v) is 6.92. The molecule has 4 aliphatic heterocycles. The Balaban J connectivity index is 1.50. The van der Waals surface area contributed by atoms with E-state index in [1.807, 2.05) is 0 Å². The van der Waals surface area contributed by atoms with Crippen LogP contribution in [0.4, 0.5) is 0 Å². The van der Waals surface area contributed by atoms with Crippen LogP contribution in [0, 0.1) is 0 Å². The van der Waals surface area contributed by atoms with Crippen molar-refractivity contribution in [2.24, 2.45) is 15.0 Å². The van der Waals surface area contributed by atoms with Crippen LogP contribution in [0.25, 0.3) is 23.2 Å². The van der Waals surface area contributed by atoms with E-state index >= 15 is 0 Å². The topological polar surface area (TPSA) is 251 Å². The molecule has 68 heavy (non-hydrogen) atoms. The number of methoxy groups -OCH3 is 6. The number of benzene rings is 2. The Labute approximate surface area is 386 Å². The van der Waals surface area contributed by atoms with Gasteiger partial charge in [-0.25, -0.2) is 38.9 Å². The molecule has 0 radical (unpaired) electrons. The van der Waals surface area contributed by atoms with Crippen molar-refractivity contribution in [1.29, 1.82) is 0 Å². The number of aliphatic imine (C=N–C) groups is 3. The first kappa shape index (κ1) is 47.0. The molecule has 0 saturated heterocycles. The summed E-state index contributed by atoms with van der Waals surface area (Å²) in [7, 11) is 7.23. The fraction of sp³-hybridized carbons (Fsp3) is 0.208.